The molecule has 2 heteroatoms. The Labute approximate surface area is 261 Å². The second-order valence-corrected chi connectivity index (χ2v) is 12.2. The lowest BCUT2D eigenvalue weighted by atomic mass is 9.95. The zero-order chi connectivity index (χ0) is 29.3. The Morgan fingerprint density at radius 1 is 0.341 bits per heavy atom. The summed E-state index contributed by atoms with van der Waals surface area (Å²) < 4.78 is 2.65. The van der Waals surface area contributed by atoms with Crippen LogP contribution in [0.1, 0.15) is 0 Å². The van der Waals surface area contributed by atoms with E-state index in [1.165, 1.54) is 64.7 Å². The average Bonchev–Trinajstić information content (AvgIpc) is 3.47. The van der Waals surface area contributed by atoms with E-state index in [0.717, 1.165) is 11.4 Å². The number of benzene rings is 7. The minimum Gasteiger partial charge on any atom is -0.355 e. The predicted molar refractivity (Wildman–Crippen MR) is 191 cm³/mol. The minimum atomic E-state index is 1.06. The Bertz CT molecular complexity index is 2170. The molecule has 8 aromatic rings. The maximum atomic E-state index is 3.82. The molecule has 0 radical (unpaired) electrons. The molecular weight excluding hydrogens is 551 g/mol. The van der Waals surface area contributed by atoms with E-state index in [1.807, 2.05) is 11.3 Å². The number of rotatable bonds is 6. The summed E-state index contributed by atoms with van der Waals surface area (Å²) in [5, 5.41) is 6.46. The molecule has 1 heterocycles. The maximum absolute atomic E-state index is 3.82. The number of nitrogens with one attached hydrogen (secondary N) is 1. The van der Waals surface area contributed by atoms with Gasteiger partial charge in [-0.2, -0.15) is 0 Å². The van der Waals surface area contributed by atoms with E-state index in [1.54, 1.807) is 0 Å². The van der Waals surface area contributed by atoms with E-state index in [0.29, 0.717) is 0 Å². The van der Waals surface area contributed by atoms with Crippen LogP contribution in [0.3, 0.4) is 0 Å². The Morgan fingerprint density at radius 2 is 0.886 bits per heavy atom. The molecule has 0 aliphatic heterocycles. The van der Waals surface area contributed by atoms with Crippen LogP contribution in [0.25, 0.3) is 64.7 Å². The molecule has 0 aliphatic carbocycles. The largest absolute Gasteiger partial charge is 0.355 e. The van der Waals surface area contributed by atoms with Gasteiger partial charge in [-0.15, -0.1) is 11.3 Å². The fourth-order valence-corrected chi connectivity index (χ4v) is 7.13. The molecular formula is C42H29NS. The quantitative estimate of drug-likeness (QED) is 0.207. The van der Waals surface area contributed by atoms with Gasteiger partial charge in [0.05, 0.1) is 0 Å². The Balaban J connectivity index is 1.24. The van der Waals surface area contributed by atoms with Crippen LogP contribution in [0.4, 0.5) is 11.4 Å². The highest BCUT2D eigenvalue weighted by Gasteiger charge is 2.12. The molecule has 44 heavy (non-hydrogen) atoms. The van der Waals surface area contributed by atoms with Crippen molar-refractivity contribution < 1.29 is 0 Å². The molecule has 0 saturated carbocycles. The van der Waals surface area contributed by atoms with Crippen LogP contribution >= 0.6 is 11.3 Å². The highest BCUT2D eigenvalue weighted by molar-refractivity contribution is 7.25. The molecule has 7 aromatic carbocycles. The van der Waals surface area contributed by atoms with E-state index < -0.39 is 0 Å². The van der Waals surface area contributed by atoms with Crippen molar-refractivity contribution in [2.45, 2.75) is 0 Å². The molecule has 1 nitrogen and oxygen atoms in total. The fourth-order valence-electron chi connectivity index (χ4n) is 6.04. The van der Waals surface area contributed by atoms with Gasteiger partial charge in [0.2, 0.25) is 0 Å². The lowest BCUT2D eigenvalue weighted by Crippen LogP contribution is -1.96. The summed E-state index contributed by atoms with van der Waals surface area (Å²) >= 11 is 1.86. The normalized spacial score (nSPS) is 11.2. The van der Waals surface area contributed by atoms with Gasteiger partial charge in [0.1, 0.15) is 0 Å². The lowest BCUT2D eigenvalue weighted by Gasteiger charge is -2.17. The third-order valence-corrected chi connectivity index (χ3v) is 9.39. The first kappa shape index (κ1) is 26.2. The Kier molecular flexibility index (Phi) is 6.75. The van der Waals surface area contributed by atoms with Crippen LogP contribution in [-0.4, -0.2) is 0 Å². The van der Waals surface area contributed by atoms with Crippen LogP contribution in [0.5, 0.6) is 0 Å². The van der Waals surface area contributed by atoms with Crippen LogP contribution in [0.15, 0.2) is 170 Å². The van der Waals surface area contributed by atoms with Gasteiger partial charge in [0, 0.05) is 37.1 Å². The molecule has 0 atom stereocenters. The highest BCUT2D eigenvalue weighted by Crippen LogP contribution is 2.40. The van der Waals surface area contributed by atoms with Gasteiger partial charge in [-0.3, -0.25) is 0 Å². The first-order chi connectivity index (χ1) is 21.8. The Morgan fingerprint density at radius 3 is 1.57 bits per heavy atom. The molecule has 0 fully saturated rings. The highest BCUT2D eigenvalue weighted by atomic mass is 32.1. The van der Waals surface area contributed by atoms with Crippen molar-refractivity contribution in [3.8, 4) is 44.5 Å². The molecule has 0 unspecified atom stereocenters. The number of fused-ring (bicyclic) bond motifs is 3. The van der Waals surface area contributed by atoms with Crippen molar-refractivity contribution in [3.63, 3.8) is 0 Å². The standard InChI is InChI=1S/C42H29NS/c1-4-12-29(13-5-1)34-24-35(30-14-6-2-7-15-30)26-36(25-34)43-40-22-20-32(27-38(40)31-16-8-3-9-17-31)33-21-23-42-39(28-33)37-18-10-11-19-41(37)44-42/h1-28,43H. The molecule has 1 N–H and O–H groups in total. The van der Waals surface area contributed by atoms with E-state index in [-0.39, 0.29) is 0 Å². The SMILES string of the molecule is c1ccc(-c2cc(Nc3ccc(-c4ccc5sc6ccccc6c5c4)cc3-c3ccccc3)cc(-c3ccccc3)c2)cc1. The monoisotopic (exact) mass is 579 g/mol. The van der Waals surface area contributed by atoms with Crippen molar-refractivity contribution in [2.75, 3.05) is 5.32 Å². The lowest BCUT2D eigenvalue weighted by molar-refractivity contribution is 1.51. The summed E-state index contributed by atoms with van der Waals surface area (Å²) in [5.74, 6) is 0. The zero-order valence-corrected chi connectivity index (χ0v) is 24.9. The predicted octanol–water partition coefficient (Wildman–Crippen LogP) is 12.5. The number of hydrogen-bond donors (Lipinski definition) is 1. The van der Waals surface area contributed by atoms with Crippen LogP contribution < -0.4 is 5.32 Å². The number of thiophene rings is 1. The average molecular weight is 580 g/mol. The van der Waals surface area contributed by atoms with E-state index in [9.17, 15) is 0 Å². The van der Waals surface area contributed by atoms with Gasteiger partial charge in [-0.25, -0.2) is 0 Å². The first-order valence-corrected chi connectivity index (χ1v) is 15.7. The molecule has 1 aromatic heterocycles. The van der Waals surface area contributed by atoms with Gasteiger partial charge in [-0.05, 0) is 87.5 Å². The maximum Gasteiger partial charge on any atom is 0.0464 e. The van der Waals surface area contributed by atoms with E-state index >= 15 is 0 Å². The summed E-state index contributed by atoms with van der Waals surface area (Å²) in [7, 11) is 0. The number of hydrogen-bond acceptors (Lipinski definition) is 2. The smallest absolute Gasteiger partial charge is 0.0464 e. The third-order valence-electron chi connectivity index (χ3n) is 8.24. The van der Waals surface area contributed by atoms with E-state index in [4.69, 9.17) is 0 Å². The summed E-state index contributed by atoms with van der Waals surface area (Å²) in [6.07, 6.45) is 0. The molecule has 0 aliphatic rings. The van der Waals surface area contributed by atoms with Crippen LogP contribution in [-0.2, 0) is 0 Å². The van der Waals surface area contributed by atoms with Gasteiger partial charge in [0.25, 0.3) is 0 Å². The second-order valence-electron chi connectivity index (χ2n) is 11.1. The van der Waals surface area contributed by atoms with Crippen molar-refractivity contribution in [1.82, 2.24) is 0 Å². The minimum absolute atomic E-state index is 1.06. The topological polar surface area (TPSA) is 12.0 Å². The fraction of sp³-hybridized carbons (Fsp3) is 0. The zero-order valence-electron chi connectivity index (χ0n) is 24.1. The summed E-state index contributed by atoms with van der Waals surface area (Å²) in [6, 6.07) is 61.0. The van der Waals surface area contributed by atoms with E-state index in [2.05, 4.69) is 175 Å². The number of anilines is 2. The molecule has 0 spiro atoms. The molecule has 0 bridgehead atoms. The van der Waals surface area contributed by atoms with Gasteiger partial charge in [0.15, 0.2) is 0 Å². The first-order valence-electron chi connectivity index (χ1n) is 14.9. The third kappa shape index (κ3) is 5.06. The van der Waals surface area contributed by atoms with Crippen LogP contribution in [0.2, 0.25) is 0 Å². The van der Waals surface area contributed by atoms with Crippen molar-refractivity contribution in [3.05, 3.63) is 170 Å². The van der Waals surface area contributed by atoms with Gasteiger partial charge < -0.3 is 5.32 Å². The van der Waals surface area contributed by atoms with Crippen LogP contribution in [0, 0.1) is 0 Å². The molecule has 8 rings (SSSR count). The van der Waals surface area contributed by atoms with Gasteiger partial charge in [-0.1, -0.05) is 121 Å². The van der Waals surface area contributed by atoms with Crippen molar-refractivity contribution in [2.24, 2.45) is 0 Å². The summed E-state index contributed by atoms with van der Waals surface area (Å²) in [4.78, 5) is 0. The molecule has 208 valence electrons. The van der Waals surface area contributed by atoms with Crippen molar-refractivity contribution in [1.29, 1.82) is 0 Å². The van der Waals surface area contributed by atoms with Crippen molar-refractivity contribution >= 4 is 42.9 Å². The second kappa shape index (κ2) is 11.3. The summed E-state index contributed by atoms with van der Waals surface area (Å²) in [6.45, 7) is 0. The Hall–Kier alpha value is -5.44. The summed E-state index contributed by atoms with van der Waals surface area (Å²) in [5.41, 5.74) is 11.7. The molecule has 0 amide bonds. The van der Waals surface area contributed by atoms with Gasteiger partial charge >= 0.3 is 0 Å². The molecule has 0 saturated heterocycles.